The second-order valence-electron chi connectivity index (χ2n) is 7.52. The Labute approximate surface area is 172 Å². The van der Waals surface area contributed by atoms with Gasteiger partial charge in [-0.05, 0) is 49.0 Å². The Morgan fingerprint density at radius 1 is 1.03 bits per heavy atom. The molecule has 0 aliphatic carbocycles. The van der Waals surface area contributed by atoms with Crippen LogP contribution in [0.1, 0.15) is 42.1 Å². The highest BCUT2D eigenvalue weighted by Crippen LogP contribution is 2.21. The molecular weight excluding hydrogens is 368 g/mol. The van der Waals surface area contributed by atoms with Crippen molar-refractivity contribution in [3.63, 3.8) is 0 Å². The van der Waals surface area contributed by atoms with Gasteiger partial charge < -0.3 is 20.3 Å². The number of carbonyl (C=O) groups is 1. The number of carbonyl (C=O) groups excluding carboxylic acids is 1. The number of benzene rings is 2. The normalized spacial score (nSPS) is 16.3. The largest absolute Gasteiger partial charge is 0.445 e. The summed E-state index contributed by atoms with van der Waals surface area (Å²) >= 11 is 0. The minimum atomic E-state index is -0.990. The number of hydrogen-bond acceptors (Lipinski definition) is 5. The average molecular weight is 399 g/mol. The topological polar surface area (TPSA) is 82.0 Å². The summed E-state index contributed by atoms with van der Waals surface area (Å²) in [5, 5.41) is 23.4. The van der Waals surface area contributed by atoms with Crippen LogP contribution in [0.4, 0.5) is 4.79 Å². The van der Waals surface area contributed by atoms with Crippen molar-refractivity contribution in [3.05, 3.63) is 71.3 Å². The average Bonchev–Trinajstić information content (AvgIpc) is 3.25. The number of alkyl carbamates (subject to hydrolysis) is 1. The first-order valence-electron chi connectivity index (χ1n) is 10.2. The number of rotatable bonds is 9. The van der Waals surface area contributed by atoms with Gasteiger partial charge in [0, 0.05) is 13.1 Å². The maximum Gasteiger partial charge on any atom is 0.407 e. The number of amides is 1. The van der Waals surface area contributed by atoms with Gasteiger partial charge in [-0.25, -0.2) is 4.79 Å². The smallest absolute Gasteiger partial charge is 0.407 e. The predicted octanol–water partition coefficient (Wildman–Crippen LogP) is 2.99. The third kappa shape index (κ3) is 6.85. The number of nitrogens with one attached hydrogen (secondary N) is 1. The maximum atomic E-state index is 11.8. The number of likely N-dealkylation sites (tertiary alicyclic amines) is 1. The lowest BCUT2D eigenvalue weighted by Gasteiger charge is -2.20. The molecule has 2 aromatic carbocycles. The van der Waals surface area contributed by atoms with E-state index in [1.807, 2.05) is 54.6 Å². The van der Waals surface area contributed by atoms with E-state index < -0.39 is 18.3 Å². The van der Waals surface area contributed by atoms with Gasteiger partial charge in [-0.15, -0.1) is 0 Å². The first-order chi connectivity index (χ1) is 14.1. The molecule has 0 aromatic heterocycles. The van der Waals surface area contributed by atoms with E-state index in [0.717, 1.165) is 30.8 Å². The van der Waals surface area contributed by atoms with E-state index in [4.69, 9.17) is 4.74 Å². The molecule has 3 N–H and O–H groups in total. The van der Waals surface area contributed by atoms with Crippen molar-refractivity contribution < 1.29 is 19.7 Å². The van der Waals surface area contributed by atoms with Crippen LogP contribution in [0.5, 0.6) is 0 Å². The monoisotopic (exact) mass is 398 g/mol. The van der Waals surface area contributed by atoms with E-state index in [-0.39, 0.29) is 19.6 Å². The molecule has 1 aliphatic heterocycles. The molecule has 6 nitrogen and oxygen atoms in total. The van der Waals surface area contributed by atoms with Crippen LogP contribution in [0.3, 0.4) is 0 Å². The molecule has 1 fully saturated rings. The quantitative estimate of drug-likeness (QED) is 0.605. The molecule has 0 radical (unpaired) electrons. The van der Waals surface area contributed by atoms with Crippen molar-refractivity contribution in [2.24, 2.45) is 0 Å². The lowest BCUT2D eigenvalue weighted by atomic mass is 10.00. The highest BCUT2D eigenvalue weighted by atomic mass is 16.5. The third-order valence-electron chi connectivity index (χ3n) is 5.18. The van der Waals surface area contributed by atoms with E-state index in [9.17, 15) is 15.0 Å². The SMILES string of the molecule is O=C(NCCC(O)C(O)c1cccc(CN2CCCC2)c1)OCc1ccccc1. The molecule has 1 heterocycles. The van der Waals surface area contributed by atoms with Crippen molar-refractivity contribution in [2.75, 3.05) is 19.6 Å². The highest BCUT2D eigenvalue weighted by molar-refractivity contribution is 5.67. The summed E-state index contributed by atoms with van der Waals surface area (Å²) in [6.45, 7) is 3.51. The lowest BCUT2D eigenvalue weighted by molar-refractivity contribution is 0.0136. The molecule has 2 unspecified atom stereocenters. The van der Waals surface area contributed by atoms with Gasteiger partial charge in [0.15, 0.2) is 0 Å². The van der Waals surface area contributed by atoms with Crippen LogP contribution in [0.15, 0.2) is 54.6 Å². The minimum Gasteiger partial charge on any atom is -0.445 e. The Morgan fingerprint density at radius 2 is 1.76 bits per heavy atom. The molecule has 6 heteroatoms. The second-order valence-corrected chi connectivity index (χ2v) is 7.52. The fourth-order valence-corrected chi connectivity index (χ4v) is 3.55. The molecule has 1 aliphatic rings. The zero-order valence-corrected chi connectivity index (χ0v) is 16.7. The number of aliphatic hydroxyl groups is 2. The molecule has 0 bridgehead atoms. The van der Waals surface area contributed by atoms with E-state index in [1.165, 1.54) is 12.8 Å². The Bertz CT molecular complexity index is 762. The molecule has 1 amide bonds. The Hall–Kier alpha value is -2.41. The van der Waals surface area contributed by atoms with Crippen LogP contribution in [0, 0.1) is 0 Å². The predicted molar refractivity (Wildman–Crippen MR) is 111 cm³/mol. The second kappa shape index (κ2) is 11.0. The summed E-state index contributed by atoms with van der Waals surface area (Å²) in [6.07, 6.45) is 0.215. The van der Waals surface area contributed by atoms with Crippen LogP contribution in [0.25, 0.3) is 0 Å². The van der Waals surface area contributed by atoms with Crippen LogP contribution >= 0.6 is 0 Å². The highest BCUT2D eigenvalue weighted by Gasteiger charge is 2.19. The van der Waals surface area contributed by atoms with E-state index in [0.29, 0.717) is 5.56 Å². The van der Waals surface area contributed by atoms with Crippen LogP contribution < -0.4 is 5.32 Å². The van der Waals surface area contributed by atoms with Gasteiger partial charge in [0.25, 0.3) is 0 Å². The Morgan fingerprint density at radius 3 is 2.52 bits per heavy atom. The van der Waals surface area contributed by atoms with Gasteiger partial charge in [-0.1, -0.05) is 54.6 Å². The van der Waals surface area contributed by atoms with Crippen molar-refractivity contribution in [3.8, 4) is 0 Å². The molecule has 29 heavy (non-hydrogen) atoms. The van der Waals surface area contributed by atoms with Gasteiger partial charge in [-0.3, -0.25) is 4.90 Å². The zero-order valence-electron chi connectivity index (χ0n) is 16.7. The molecule has 3 rings (SSSR count). The van der Waals surface area contributed by atoms with Crippen LogP contribution in [-0.4, -0.2) is 46.9 Å². The number of ether oxygens (including phenoxy) is 1. The summed E-state index contributed by atoms with van der Waals surface area (Å²) in [5.41, 5.74) is 2.74. The summed E-state index contributed by atoms with van der Waals surface area (Å²) < 4.78 is 5.14. The van der Waals surface area contributed by atoms with Gasteiger partial charge in [-0.2, -0.15) is 0 Å². The van der Waals surface area contributed by atoms with E-state index >= 15 is 0 Å². The zero-order chi connectivity index (χ0) is 20.5. The van der Waals surface area contributed by atoms with Gasteiger partial charge in [0.1, 0.15) is 12.7 Å². The van der Waals surface area contributed by atoms with Crippen molar-refractivity contribution in [2.45, 2.75) is 44.6 Å². The number of nitrogens with zero attached hydrogens (tertiary/aromatic N) is 1. The van der Waals surface area contributed by atoms with Crippen molar-refractivity contribution >= 4 is 6.09 Å². The van der Waals surface area contributed by atoms with Gasteiger partial charge >= 0.3 is 6.09 Å². The number of hydrogen-bond donors (Lipinski definition) is 3. The fourth-order valence-electron chi connectivity index (χ4n) is 3.55. The van der Waals surface area contributed by atoms with Crippen LogP contribution in [-0.2, 0) is 17.9 Å². The molecule has 2 atom stereocenters. The summed E-state index contributed by atoms with van der Waals surface area (Å²) in [6, 6.07) is 17.2. The molecule has 1 saturated heterocycles. The van der Waals surface area contributed by atoms with Crippen molar-refractivity contribution in [1.82, 2.24) is 10.2 Å². The molecule has 156 valence electrons. The van der Waals surface area contributed by atoms with E-state index in [2.05, 4.69) is 10.2 Å². The Balaban J connectivity index is 1.40. The molecule has 0 saturated carbocycles. The summed E-state index contributed by atoms with van der Waals surface area (Å²) in [7, 11) is 0. The fraction of sp³-hybridized carbons (Fsp3) is 0.435. The molecule has 2 aromatic rings. The summed E-state index contributed by atoms with van der Waals surface area (Å²) in [5.74, 6) is 0. The van der Waals surface area contributed by atoms with Gasteiger partial charge in [0.05, 0.1) is 6.10 Å². The van der Waals surface area contributed by atoms with Crippen molar-refractivity contribution in [1.29, 1.82) is 0 Å². The summed E-state index contributed by atoms with van der Waals surface area (Å²) in [4.78, 5) is 14.2. The Kier molecular flexibility index (Phi) is 8.04. The number of aliphatic hydroxyl groups excluding tert-OH is 2. The third-order valence-corrected chi connectivity index (χ3v) is 5.18. The first-order valence-corrected chi connectivity index (χ1v) is 10.2. The molecular formula is C23H30N2O4. The lowest BCUT2D eigenvalue weighted by Crippen LogP contribution is -2.29. The molecule has 0 spiro atoms. The van der Waals surface area contributed by atoms with Gasteiger partial charge in [0.2, 0.25) is 0 Å². The standard InChI is InChI=1S/C23H30N2O4/c26-21(11-12-24-23(28)29-17-18-7-2-1-3-8-18)22(27)20-10-6-9-19(15-20)16-25-13-4-5-14-25/h1-3,6-10,15,21-22,26-27H,4-5,11-14,16-17H2,(H,24,28). The first kappa shape index (κ1) is 21.3. The van der Waals surface area contributed by atoms with Crippen LogP contribution in [0.2, 0.25) is 0 Å². The van der Waals surface area contributed by atoms with E-state index in [1.54, 1.807) is 0 Å². The maximum absolute atomic E-state index is 11.8. The minimum absolute atomic E-state index is 0.196.